The fourth-order valence-electron chi connectivity index (χ4n) is 12.7. The molecule has 0 radical (unpaired) electrons. The zero-order chi connectivity index (χ0) is 91.0. The van der Waals surface area contributed by atoms with Gasteiger partial charge in [-0.2, -0.15) is 0 Å². The number of nitrogens with one attached hydrogen (secondary N) is 12. The molecule has 125 heavy (non-hydrogen) atoms. The monoisotopic (exact) mass is 1730 g/mol. The lowest BCUT2D eigenvalue weighted by Crippen LogP contribution is -2.62. The number of ether oxygens (including phenoxy) is 8. The molecule has 0 saturated carbocycles. The molecule has 10 amide bonds. The highest BCUT2D eigenvalue weighted by atomic mass is 16.6. The minimum absolute atomic E-state index is 0.0264. The molecule has 33 nitrogen and oxygen atoms in total. The fraction of sp³-hybridized carbons (Fsp3) is 0.500. The maximum atomic E-state index is 15.8. The van der Waals surface area contributed by atoms with E-state index in [2.05, 4.69) is 63.1 Å². The standard InChI is InChI=1S/C92H126N12O21/c1-57(2)53-122-67-30-26-63(27-31-67)45-74(99-87(113)76(47-65-50-95-71-24-18-16-22-69(65)71)101-85(111)75(46-64-28-32-68(33-29-64)123-54-58(3)4)100-90(116)79(56-125-92(10,11)12)97-80(106)52-94-61(9)105)86(112)102-78(49-82(109)124-55-59(5)6)89(115)104-83(60(7)8)91(117)103-77(48-66-51-96-72-25-19-17-23-70(66)72)88(114)98-73(44-62-20-14-13-15-21-62)84(110)93-35-37-119-39-41-121-43-42-120-40-38-118-36-34-81(107)108/h13-33,50-51,57-60,73-79,83,95-96H,34-49,52-56H2,1-12H3,(H,93,110)(H,94,105)(H,97,106)(H,98,114)(H,99,113)(H,100,116)(H,101,111)(H,102,112)(H,103,117)(H,104,115)(H,107,108)/t73-,74-,75-,76-,77-,78-,79-,83-/m0/s1. The third-order valence-electron chi connectivity index (χ3n) is 19.3. The third kappa shape index (κ3) is 36.9. The van der Waals surface area contributed by atoms with E-state index in [1.165, 1.54) is 6.92 Å². The topological polar surface area (TPSA) is 451 Å². The van der Waals surface area contributed by atoms with Crippen molar-refractivity contribution in [3.05, 3.63) is 168 Å². The Bertz CT molecular complexity index is 4600. The van der Waals surface area contributed by atoms with E-state index in [1.54, 1.807) is 140 Å². The van der Waals surface area contributed by atoms with Crippen LogP contribution in [0.3, 0.4) is 0 Å². The normalized spacial score (nSPS) is 13.4. The molecule has 2 heterocycles. The number of aromatic nitrogens is 2. The van der Waals surface area contributed by atoms with Gasteiger partial charge in [-0.05, 0) is 109 Å². The Kier molecular flexibility index (Phi) is 41.8. The molecule has 8 atom stereocenters. The number of carboxylic acid groups (broad SMARTS) is 1. The summed E-state index contributed by atoms with van der Waals surface area (Å²) in [6.45, 7) is 22.8. The van der Waals surface area contributed by atoms with Gasteiger partial charge in [0.15, 0.2) is 0 Å². The largest absolute Gasteiger partial charge is 0.493 e. The number of esters is 1. The Morgan fingerprint density at radius 3 is 1.22 bits per heavy atom. The molecule has 0 bridgehead atoms. The first-order chi connectivity index (χ1) is 59.7. The Morgan fingerprint density at radius 1 is 0.392 bits per heavy atom. The predicted octanol–water partition coefficient (Wildman–Crippen LogP) is 5.96. The van der Waals surface area contributed by atoms with E-state index in [-0.39, 0.29) is 129 Å². The second-order valence-electron chi connectivity index (χ2n) is 33.1. The van der Waals surface area contributed by atoms with E-state index in [4.69, 9.17) is 43.0 Å². The van der Waals surface area contributed by atoms with Crippen molar-refractivity contribution in [2.24, 2.45) is 23.7 Å². The number of benzene rings is 5. The van der Waals surface area contributed by atoms with Gasteiger partial charge in [0.05, 0.1) is 104 Å². The molecular formula is C92H126N12O21. The Labute approximate surface area is 730 Å². The summed E-state index contributed by atoms with van der Waals surface area (Å²) in [6, 6.07) is 25.1. The molecule has 2 aromatic heterocycles. The number of rotatable bonds is 56. The highest BCUT2D eigenvalue weighted by molar-refractivity contribution is 6.00. The van der Waals surface area contributed by atoms with E-state index < -0.39 is 144 Å². The third-order valence-corrected chi connectivity index (χ3v) is 19.3. The maximum Gasteiger partial charge on any atom is 0.308 e. The first kappa shape index (κ1) is 100. The van der Waals surface area contributed by atoms with E-state index in [0.717, 1.165) is 10.9 Å². The molecule has 33 heteroatoms. The molecule has 5 aromatic carbocycles. The molecular weight excluding hydrogens is 1610 g/mol. The van der Waals surface area contributed by atoms with E-state index in [9.17, 15) is 28.8 Å². The van der Waals surface area contributed by atoms with Crippen LogP contribution in [0, 0.1) is 23.7 Å². The minimum Gasteiger partial charge on any atom is -0.493 e. The van der Waals surface area contributed by atoms with Crippen LogP contribution in [0.25, 0.3) is 21.8 Å². The number of aromatic amines is 2. The first-order valence-electron chi connectivity index (χ1n) is 42.5. The van der Waals surface area contributed by atoms with Crippen LogP contribution in [-0.4, -0.2) is 232 Å². The smallest absolute Gasteiger partial charge is 0.308 e. The summed E-state index contributed by atoms with van der Waals surface area (Å²) >= 11 is 0. The van der Waals surface area contributed by atoms with Gasteiger partial charge in [-0.25, -0.2) is 0 Å². The van der Waals surface area contributed by atoms with Crippen LogP contribution in [0.15, 0.2) is 140 Å². The molecule has 7 rings (SSSR count). The second-order valence-corrected chi connectivity index (χ2v) is 33.1. The fourth-order valence-corrected chi connectivity index (χ4v) is 12.7. The van der Waals surface area contributed by atoms with Crippen molar-refractivity contribution in [1.29, 1.82) is 0 Å². The molecule has 680 valence electrons. The van der Waals surface area contributed by atoms with E-state index >= 15 is 28.8 Å². The number of para-hydroxylation sites is 2. The quantitative estimate of drug-likeness (QED) is 0.0154. The van der Waals surface area contributed by atoms with Crippen LogP contribution in [0.1, 0.15) is 124 Å². The van der Waals surface area contributed by atoms with Crippen LogP contribution in [0.4, 0.5) is 0 Å². The average Bonchev–Trinajstić information content (AvgIpc) is 1.39. The van der Waals surface area contributed by atoms with Gasteiger partial charge in [-0.15, -0.1) is 0 Å². The first-order valence-corrected chi connectivity index (χ1v) is 42.5. The number of fused-ring (bicyclic) bond motifs is 2. The van der Waals surface area contributed by atoms with Crippen LogP contribution in [0.5, 0.6) is 11.5 Å². The summed E-state index contributed by atoms with van der Waals surface area (Å²) in [5.41, 5.74) is 3.48. The number of carbonyl (C=O) groups is 12. The maximum absolute atomic E-state index is 15.8. The Hall–Kier alpha value is -11.8. The summed E-state index contributed by atoms with van der Waals surface area (Å²) in [5.74, 6) is -9.54. The number of carboxylic acids is 1. The highest BCUT2D eigenvalue weighted by Crippen LogP contribution is 2.24. The Morgan fingerprint density at radius 2 is 0.784 bits per heavy atom. The molecule has 7 aromatic rings. The number of hydrogen-bond acceptors (Lipinski definition) is 20. The number of amides is 10. The molecule has 0 aliphatic rings. The molecule has 0 spiro atoms. The molecule has 0 unspecified atom stereocenters. The number of H-pyrrole nitrogens is 2. The zero-order valence-corrected chi connectivity index (χ0v) is 73.7. The SMILES string of the molecule is CC(=O)NCC(=O)N[C@@H](COC(C)(C)C)C(=O)N[C@@H](Cc1ccc(OCC(C)C)cc1)C(=O)N[C@@H](Cc1c[nH]c2ccccc12)C(=O)N[C@@H](Cc1ccc(OCC(C)C)cc1)C(=O)N[C@@H](CC(=O)OCC(C)C)C(=O)N[C@H](C(=O)N[C@@H](Cc1c[nH]c2ccccc12)C(=O)N[C@@H](Cc1ccccc1)C(=O)NCCOCCOCCOCCOCCC(=O)O)C(C)C. The molecule has 0 saturated heterocycles. The molecule has 0 aliphatic heterocycles. The number of carbonyl (C=O) groups excluding carboxylic acids is 11. The molecule has 13 N–H and O–H groups in total. The number of hydrogen-bond donors (Lipinski definition) is 13. The van der Waals surface area contributed by atoms with Crippen molar-refractivity contribution in [3.8, 4) is 11.5 Å². The lowest BCUT2D eigenvalue weighted by molar-refractivity contribution is -0.147. The van der Waals surface area contributed by atoms with Crippen LogP contribution >= 0.6 is 0 Å². The van der Waals surface area contributed by atoms with Crippen molar-refractivity contribution >= 4 is 92.8 Å². The van der Waals surface area contributed by atoms with Crippen LogP contribution in [-0.2, 0) is 118 Å². The summed E-state index contributed by atoms with van der Waals surface area (Å²) in [7, 11) is 0. The van der Waals surface area contributed by atoms with Crippen molar-refractivity contribution in [2.45, 2.75) is 182 Å². The molecule has 0 fully saturated rings. The summed E-state index contributed by atoms with van der Waals surface area (Å²) in [5, 5.41) is 37.8. The van der Waals surface area contributed by atoms with Gasteiger partial charge in [-0.1, -0.05) is 146 Å². The van der Waals surface area contributed by atoms with Crippen molar-refractivity contribution in [3.63, 3.8) is 0 Å². The molecule has 0 aliphatic carbocycles. The van der Waals surface area contributed by atoms with Gasteiger partial charge in [0.1, 0.15) is 59.8 Å². The van der Waals surface area contributed by atoms with E-state index in [1.807, 2.05) is 76.2 Å². The number of aliphatic carboxylic acids is 1. The van der Waals surface area contributed by atoms with Gasteiger partial charge in [0.2, 0.25) is 59.1 Å². The zero-order valence-electron chi connectivity index (χ0n) is 73.7. The van der Waals surface area contributed by atoms with Gasteiger partial charge < -0.3 is 106 Å². The lowest BCUT2D eigenvalue weighted by Gasteiger charge is -2.29. The van der Waals surface area contributed by atoms with Gasteiger partial charge in [-0.3, -0.25) is 57.5 Å². The van der Waals surface area contributed by atoms with Gasteiger partial charge in [0, 0.05) is 79.8 Å². The van der Waals surface area contributed by atoms with Gasteiger partial charge >= 0.3 is 11.9 Å². The minimum atomic E-state index is -1.83. The van der Waals surface area contributed by atoms with Gasteiger partial charge in [0.25, 0.3) is 0 Å². The van der Waals surface area contributed by atoms with Crippen molar-refractivity contribution < 1.29 is 101 Å². The second kappa shape index (κ2) is 52.1. The van der Waals surface area contributed by atoms with Crippen LogP contribution < -0.4 is 62.6 Å². The van der Waals surface area contributed by atoms with E-state index in [0.29, 0.717) is 63.4 Å². The summed E-state index contributed by atoms with van der Waals surface area (Å²) in [6.07, 6.45) is 1.67. The highest BCUT2D eigenvalue weighted by Gasteiger charge is 2.38. The summed E-state index contributed by atoms with van der Waals surface area (Å²) < 4.78 is 45.6. The predicted molar refractivity (Wildman–Crippen MR) is 469 cm³/mol. The van der Waals surface area contributed by atoms with Crippen molar-refractivity contribution in [1.82, 2.24) is 63.1 Å². The lowest BCUT2D eigenvalue weighted by atomic mass is 9.99. The van der Waals surface area contributed by atoms with Crippen LogP contribution in [0.2, 0.25) is 0 Å². The average molecular weight is 1740 g/mol. The summed E-state index contributed by atoms with van der Waals surface area (Å²) in [4.78, 5) is 178. The Balaban J connectivity index is 1.19. The van der Waals surface area contributed by atoms with Crippen molar-refractivity contribution in [2.75, 3.05) is 92.4 Å².